The number of benzene rings is 1. The third-order valence-electron chi connectivity index (χ3n) is 5.18. The lowest BCUT2D eigenvalue weighted by Gasteiger charge is -2.32. The molecule has 2 rings (SSSR count). The standard InChI is InChI=1S/C24H32O3/c1-7-27-23(25)20-12-11-19(22(16-20)26-6)15-17(2)10-13-21-18(3)9-8-14-24(21,4)5/h10-13,15-16H,7-9,14H2,1-6H3/b13-10+,17-15+. The first kappa shape index (κ1) is 21.0. The summed E-state index contributed by atoms with van der Waals surface area (Å²) in [5.74, 6) is 0.339. The van der Waals surface area contributed by atoms with Crippen molar-refractivity contribution in [3.63, 3.8) is 0 Å². The maximum atomic E-state index is 11.9. The van der Waals surface area contributed by atoms with Crippen molar-refractivity contribution in [3.8, 4) is 5.75 Å². The number of esters is 1. The molecular formula is C24H32O3. The van der Waals surface area contributed by atoms with Crippen LogP contribution in [0.1, 0.15) is 69.8 Å². The van der Waals surface area contributed by atoms with Crippen molar-refractivity contribution >= 4 is 12.0 Å². The van der Waals surface area contributed by atoms with E-state index in [2.05, 4.69) is 45.9 Å². The lowest BCUT2D eigenvalue weighted by atomic mass is 9.72. The topological polar surface area (TPSA) is 35.5 Å². The van der Waals surface area contributed by atoms with Crippen LogP contribution in [0, 0.1) is 5.41 Å². The molecule has 0 aromatic heterocycles. The van der Waals surface area contributed by atoms with E-state index in [1.807, 2.05) is 6.07 Å². The molecule has 0 heterocycles. The molecule has 0 atom stereocenters. The average Bonchev–Trinajstić information content (AvgIpc) is 2.61. The van der Waals surface area contributed by atoms with Gasteiger partial charge in [-0.3, -0.25) is 0 Å². The Balaban J connectivity index is 2.26. The minimum absolute atomic E-state index is 0.234. The molecule has 0 saturated heterocycles. The van der Waals surface area contributed by atoms with Crippen molar-refractivity contribution < 1.29 is 14.3 Å². The molecule has 1 aliphatic carbocycles. The summed E-state index contributed by atoms with van der Waals surface area (Å²) in [6.07, 6.45) is 10.2. The summed E-state index contributed by atoms with van der Waals surface area (Å²) in [7, 11) is 1.62. The minimum atomic E-state index is -0.329. The third kappa shape index (κ3) is 5.35. The molecule has 3 heteroatoms. The number of ether oxygens (including phenoxy) is 2. The van der Waals surface area contributed by atoms with Gasteiger partial charge in [0.2, 0.25) is 0 Å². The maximum Gasteiger partial charge on any atom is 0.338 e. The predicted molar refractivity (Wildman–Crippen MR) is 112 cm³/mol. The summed E-state index contributed by atoms with van der Waals surface area (Å²) in [4.78, 5) is 11.9. The summed E-state index contributed by atoms with van der Waals surface area (Å²) in [6.45, 7) is 11.1. The van der Waals surface area contributed by atoms with Gasteiger partial charge >= 0.3 is 5.97 Å². The fourth-order valence-corrected chi connectivity index (χ4v) is 3.69. The molecule has 0 N–H and O–H groups in total. The van der Waals surface area contributed by atoms with Crippen molar-refractivity contribution in [1.82, 2.24) is 0 Å². The molecular weight excluding hydrogens is 336 g/mol. The van der Waals surface area contributed by atoms with E-state index in [0.717, 1.165) is 11.1 Å². The van der Waals surface area contributed by atoms with Gasteiger partial charge < -0.3 is 9.47 Å². The summed E-state index contributed by atoms with van der Waals surface area (Å²) < 4.78 is 10.5. The highest BCUT2D eigenvalue weighted by molar-refractivity contribution is 5.90. The molecule has 0 radical (unpaired) electrons. The van der Waals surface area contributed by atoms with E-state index in [1.165, 1.54) is 30.4 Å². The maximum absolute atomic E-state index is 11.9. The lowest BCUT2D eigenvalue weighted by molar-refractivity contribution is 0.0526. The number of hydrogen-bond acceptors (Lipinski definition) is 3. The summed E-state index contributed by atoms with van der Waals surface area (Å²) >= 11 is 0. The van der Waals surface area contributed by atoms with E-state index >= 15 is 0 Å². The van der Waals surface area contributed by atoms with Crippen LogP contribution in [0.2, 0.25) is 0 Å². The van der Waals surface area contributed by atoms with Crippen LogP contribution in [0.5, 0.6) is 5.75 Å². The van der Waals surface area contributed by atoms with Gasteiger partial charge in [-0.05, 0) is 69.2 Å². The zero-order valence-electron chi connectivity index (χ0n) is 17.5. The van der Waals surface area contributed by atoms with Gasteiger partial charge in [0.15, 0.2) is 0 Å². The van der Waals surface area contributed by atoms with Crippen molar-refractivity contribution in [2.24, 2.45) is 5.41 Å². The Kier molecular flexibility index (Phi) is 7.06. The number of allylic oxidation sites excluding steroid dienone is 5. The van der Waals surface area contributed by atoms with Crippen molar-refractivity contribution in [3.05, 3.63) is 58.2 Å². The second kappa shape index (κ2) is 9.07. The van der Waals surface area contributed by atoms with E-state index in [0.29, 0.717) is 17.9 Å². The SMILES string of the molecule is CCOC(=O)c1ccc(/C=C(C)/C=C/C2=C(C)CCCC2(C)C)c(OC)c1. The summed E-state index contributed by atoms with van der Waals surface area (Å²) in [5.41, 5.74) is 5.76. The first-order valence-corrected chi connectivity index (χ1v) is 9.70. The lowest BCUT2D eigenvalue weighted by Crippen LogP contribution is -2.19. The van der Waals surface area contributed by atoms with Gasteiger partial charge in [-0.15, -0.1) is 0 Å². The van der Waals surface area contributed by atoms with Crippen LogP contribution in [-0.4, -0.2) is 19.7 Å². The van der Waals surface area contributed by atoms with Crippen LogP contribution in [-0.2, 0) is 4.74 Å². The Morgan fingerprint density at radius 2 is 2.04 bits per heavy atom. The molecule has 0 fully saturated rings. The van der Waals surface area contributed by atoms with Gasteiger partial charge in [0, 0.05) is 5.56 Å². The van der Waals surface area contributed by atoms with Gasteiger partial charge in [0.25, 0.3) is 0 Å². The highest BCUT2D eigenvalue weighted by Gasteiger charge is 2.26. The van der Waals surface area contributed by atoms with Gasteiger partial charge in [-0.2, -0.15) is 0 Å². The predicted octanol–water partition coefficient (Wildman–Crippen LogP) is 6.36. The highest BCUT2D eigenvalue weighted by atomic mass is 16.5. The van der Waals surface area contributed by atoms with Crippen LogP contribution in [0.4, 0.5) is 0 Å². The largest absolute Gasteiger partial charge is 0.496 e. The molecule has 27 heavy (non-hydrogen) atoms. The van der Waals surface area contributed by atoms with E-state index in [-0.39, 0.29) is 11.4 Å². The monoisotopic (exact) mass is 368 g/mol. The molecule has 0 amide bonds. The molecule has 146 valence electrons. The molecule has 0 saturated carbocycles. The quantitative estimate of drug-likeness (QED) is 0.433. The normalized spacial score (nSPS) is 17.3. The smallest absolute Gasteiger partial charge is 0.338 e. The molecule has 0 spiro atoms. The van der Waals surface area contributed by atoms with Crippen molar-refractivity contribution in [1.29, 1.82) is 0 Å². The number of carbonyl (C=O) groups excluding carboxylic acids is 1. The fourth-order valence-electron chi connectivity index (χ4n) is 3.69. The van der Waals surface area contributed by atoms with Gasteiger partial charge in [-0.1, -0.05) is 43.2 Å². The van der Waals surface area contributed by atoms with E-state index in [4.69, 9.17) is 9.47 Å². The third-order valence-corrected chi connectivity index (χ3v) is 5.18. The fraction of sp³-hybridized carbons (Fsp3) is 0.458. The van der Waals surface area contributed by atoms with E-state index < -0.39 is 0 Å². The molecule has 0 bridgehead atoms. The van der Waals surface area contributed by atoms with Crippen LogP contribution in [0.25, 0.3) is 6.08 Å². The number of methoxy groups -OCH3 is 1. The van der Waals surface area contributed by atoms with Crippen LogP contribution in [0.15, 0.2) is 47.1 Å². The Hall–Kier alpha value is -2.29. The molecule has 0 unspecified atom stereocenters. The number of hydrogen-bond donors (Lipinski definition) is 0. The van der Waals surface area contributed by atoms with E-state index in [1.54, 1.807) is 26.2 Å². The Bertz CT molecular complexity index is 779. The van der Waals surface area contributed by atoms with Gasteiger partial charge in [0.05, 0.1) is 19.3 Å². The summed E-state index contributed by atoms with van der Waals surface area (Å²) in [5, 5.41) is 0. The molecule has 3 nitrogen and oxygen atoms in total. The second-order valence-electron chi connectivity index (χ2n) is 7.83. The van der Waals surface area contributed by atoms with E-state index in [9.17, 15) is 4.79 Å². The first-order chi connectivity index (χ1) is 12.8. The van der Waals surface area contributed by atoms with Crippen molar-refractivity contribution in [2.45, 2.75) is 53.9 Å². The van der Waals surface area contributed by atoms with Crippen molar-refractivity contribution in [2.75, 3.05) is 13.7 Å². The molecule has 1 aromatic carbocycles. The first-order valence-electron chi connectivity index (χ1n) is 9.70. The Morgan fingerprint density at radius 3 is 2.67 bits per heavy atom. The number of rotatable bonds is 6. The average molecular weight is 369 g/mol. The van der Waals surface area contributed by atoms with Gasteiger partial charge in [0.1, 0.15) is 5.75 Å². The Morgan fingerprint density at radius 1 is 1.30 bits per heavy atom. The molecule has 1 aliphatic rings. The minimum Gasteiger partial charge on any atom is -0.496 e. The zero-order valence-corrected chi connectivity index (χ0v) is 17.5. The molecule has 1 aromatic rings. The number of carbonyl (C=O) groups is 1. The zero-order chi connectivity index (χ0) is 20.0. The summed E-state index contributed by atoms with van der Waals surface area (Å²) in [6, 6.07) is 5.41. The Labute approximate surface area is 163 Å². The van der Waals surface area contributed by atoms with Gasteiger partial charge in [-0.25, -0.2) is 4.79 Å². The van der Waals surface area contributed by atoms with Crippen LogP contribution in [0.3, 0.4) is 0 Å². The highest BCUT2D eigenvalue weighted by Crippen LogP contribution is 2.40. The van der Waals surface area contributed by atoms with Crippen LogP contribution >= 0.6 is 0 Å². The molecule has 0 aliphatic heterocycles. The van der Waals surface area contributed by atoms with Crippen LogP contribution < -0.4 is 4.74 Å². The second-order valence-corrected chi connectivity index (χ2v) is 7.83.